The van der Waals surface area contributed by atoms with Gasteiger partial charge >= 0.3 is 0 Å². The van der Waals surface area contributed by atoms with E-state index in [1.807, 2.05) is 24.3 Å². The van der Waals surface area contributed by atoms with Gasteiger partial charge in [0, 0.05) is 71.3 Å². The predicted molar refractivity (Wildman–Crippen MR) is 252 cm³/mol. The number of para-hydroxylation sites is 4. The second kappa shape index (κ2) is 14.3. The molecule has 1 aliphatic rings. The molecule has 0 N–H and O–H groups in total. The Morgan fingerprint density at radius 3 is 1.89 bits per heavy atom. The number of pyridine rings is 1. The number of hydrogen-bond donors (Lipinski definition) is 0. The number of anilines is 4. The van der Waals surface area contributed by atoms with Gasteiger partial charge < -0.3 is 19.1 Å². The minimum absolute atomic E-state index is 0. The van der Waals surface area contributed by atoms with Crippen LogP contribution in [0.5, 0.6) is 11.5 Å². The molecular formula is C56H33N4OPt-3. The first kappa shape index (κ1) is 36.4. The molecule has 10 aromatic carbocycles. The molecular weight excluding hydrogens is 940 g/mol. The summed E-state index contributed by atoms with van der Waals surface area (Å²) in [5, 5.41) is 12.9. The molecule has 12 aromatic rings. The number of aromatic nitrogens is 2. The molecule has 0 aliphatic carbocycles. The van der Waals surface area contributed by atoms with Crippen molar-refractivity contribution in [2.24, 2.45) is 0 Å². The van der Waals surface area contributed by atoms with Crippen molar-refractivity contribution in [2.45, 2.75) is 0 Å². The van der Waals surface area contributed by atoms with Gasteiger partial charge in [0.05, 0.1) is 5.52 Å². The molecule has 0 fully saturated rings. The minimum Gasteiger partial charge on any atom is -0.509 e. The van der Waals surface area contributed by atoms with Crippen molar-refractivity contribution in [3.8, 4) is 17.3 Å². The molecule has 0 radical (unpaired) electrons. The van der Waals surface area contributed by atoms with Crippen molar-refractivity contribution in [3.63, 3.8) is 0 Å². The van der Waals surface area contributed by atoms with E-state index in [1.165, 1.54) is 43.1 Å². The van der Waals surface area contributed by atoms with E-state index in [0.717, 1.165) is 61.3 Å². The van der Waals surface area contributed by atoms with Crippen molar-refractivity contribution in [2.75, 3.05) is 9.80 Å². The molecule has 0 unspecified atom stereocenters. The average Bonchev–Trinajstić information content (AvgIpc) is 3.87. The second-order valence-electron chi connectivity index (χ2n) is 15.6. The molecule has 0 saturated carbocycles. The molecule has 0 spiro atoms. The number of hydrogen-bond acceptors (Lipinski definition) is 4. The third kappa shape index (κ3) is 5.55. The Balaban J connectivity index is 0.00000410. The van der Waals surface area contributed by atoms with E-state index in [1.54, 1.807) is 0 Å². The molecule has 13 rings (SSSR count). The fourth-order valence-corrected chi connectivity index (χ4v) is 9.51. The Bertz CT molecular complexity index is 3750. The maximum absolute atomic E-state index is 6.68. The van der Waals surface area contributed by atoms with E-state index < -0.39 is 0 Å². The van der Waals surface area contributed by atoms with Crippen molar-refractivity contribution in [1.29, 1.82) is 0 Å². The van der Waals surface area contributed by atoms with E-state index in [-0.39, 0.29) is 21.1 Å². The van der Waals surface area contributed by atoms with Gasteiger partial charge in [0.15, 0.2) is 0 Å². The molecule has 0 saturated heterocycles. The molecule has 62 heavy (non-hydrogen) atoms. The maximum Gasteiger partial charge on any atom is 0.144 e. The maximum atomic E-state index is 6.68. The molecule has 1 aliphatic heterocycles. The van der Waals surface area contributed by atoms with Crippen LogP contribution < -0.4 is 14.5 Å². The number of rotatable bonds is 5. The summed E-state index contributed by atoms with van der Waals surface area (Å²) in [4.78, 5) is 9.97. The SMILES string of the molecule is [Pt].[c-]1c(Oc2[c-]c3c(cc2)c2ccccc2n3-c2nc3ccc4ccc5ccccc5c4c3c3c2ccc2ccccc23)cccc1N1[CH-]N(c2ccccc2)c2ccccc21. The van der Waals surface area contributed by atoms with Crippen molar-refractivity contribution >= 4 is 98.5 Å². The summed E-state index contributed by atoms with van der Waals surface area (Å²) < 4.78 is 8.95. The van der Waals surface area contributed by atoms with Gasteiger partial charge in [0.2, 0.25) is 0 Å². The summed E-state index contributed by atoms with van der Waals surface area (Å²) in [6.07, 6.45) is 0. The average molecular weight is 973 g/mol. The summed E-state index contributed by atoms with van der Waals surface area (Å²) in [6, 6.07) is 75.5. The van der Waals surface area contributed by atoms with Gasteiger partial charge in [-0.15, -0.1) is 48.1 Å². The van der Waals surface area contributed by atoms with Crippen LogP contribution in [0.1, 0.15) is 0 Å². The van der Waals surface area contributed by atoms with Gasteiger partial charge in [-0.25, -0.2) is 4.98 Å². The minimum atomic E-state index is 0. The number of nitrogens with zero attached hydrogens (tertiary/aromatic N) is 4. The molecule has 5 nitrogen and oxygen atoms in total. The van der Waals surface area contributed by atoms with Crippen molar-refractivity contribution in [1.82, 2.24) is 9.55 Å². The summed E-state index contributed by atoms with van der Waals surface area (Å²) in [5.41, 5.74) is 7.02. The van der Waals surface area contributed by atoms with Crippen LogP contribution in [0, 0.1) is 18.8 Å². The van der Waals surface area contributed by atoms with Gasteiger partial charge in [-0.3, -0.25) is 0 Å². The van der Waals surface area contributed by atoms with Gasteiger partial charge in [-0.2, -0.15) is 12.1 Å². The van der Waals surface area contributed by atoms with Gasteiger partial charge in [0.1, 0.15) is 5.82 Å². The van der Waals surface area contributed by atoms with E-state index in [4.69, 9.17) is 9.72 Å². The monoisotopic (exact) mass is 972 g/mol. The zero-order valence-corrected chi connectivity index (χ0v) is 35.3. The van der Waals surface area contributed by atoms with Crippen LogP contribution >= 0.6 is 0 Å². The van der Waals surface area contributed by atoms with Gasteiger partial charge in [-0.1, -0.05) is 127 Å². The molecule has 2 aromatic heterocycles. The number of fused-ring (bicyclic) bond motifs is 13. The second-order valence-corrected chi connectivity index (χ2v) is 15.6. The van der Waals surface area contributed by atoms with Crippen LogP contribution in [0.4, 0.5) is 22.7 Å². The zero-order valence-electron chi connectivity index (χ0n) is 33.1. The summed E-state index contributed by atoms with van der Waals surface area (Å²) in [7, 11) is 0. The molecule has 0 atom stereocenters. The van der Waals surface area contributed by atoms with Crippen LogP contribution in [0.3, 0.4) is 0 Å². The van der Waals surface area contributed by atoms with E-state index >= 15 is 0 Å². The van der Waals surface area contributed by atoms with Crippen molar-refractivity contribution in [3.05, 3.63) is 213 Å². The molecule has 0 bridgehead atoms. The predicted octanol–water partition coefficient (Wildman–Crippen LogP) is 14.7. The van der Waals surface area contributed by atoms with Crippen LogP contribution in [0.25, 0.3) is 81.6 Å². The number of ether oxygens (including phenoxy) is 1. The standard InChI is InChI=1S/C56H33N4O.Pt/c1-2-15-39(16-3-1)58-35-59(51-24-11-10-23-50(51)58)40-17-12-18-41(33-40)61-42-29-31-46-45-21-8-9-22-49(45)60(52(46)34-42)56-47-30-27-37-14-5-7-20-44(37)54(47)55-48(57-56)32-28-38-26-25-36-13-4-6-19-43(36)53(38)55;/h1-32,35H;/q-3;. The fourth-order valence-electron chi connectivity index (χ4n) is 9.51. The fraction of sp³-hybridized carbons (Fsp3) is 0. The first-order valence-electron chi connectivity index (χ1n) is 20.5. The molecule has 0 amide bonds. The summed E-state index contributed by atoms with van der Waals surface area (Å²) >= 11 is 0. The summed E-state index contributed by atoms with van der Waals surface area (Å²) in [5.74, 6) is 2.04. The Labute approximate surface area is 371 Å². The normalized spacial score (nSPS) is 12.6. The molecule has 6 heteroatoms. The quantitative estimate of drug-likeness (QED) is 0.127. The number of benzene rings is 10. The van der Waals surface area contributed by atoms with Crippen molar-refractivity contribution < 1.29 is 25.8 Å². The largest absolute Gasteiger partial charge is 0.509 e. The third-order valence-corrected chi connectivity index (χ3v) is 12.2. The van der Waals surface area contributed by atoms with Gasteiger partial charge in [-0.05, 0) is 80.2 Å². The van der Waals surface area contributed by atoms with Gasteiger partial charge in [0.25, 0.3) is 0 Å². The van der Waals surface area contributed by atoms with Crippen LogP contribution in [-0.2, 0) is 21.1 Å². The Morgan fingerprint density at radius 2 is 1.06 bits per heavy atom. The van der Waals surface area contributed by atoms with Crippen LogP contribution in [-0.4, -0.2) is 9.55 Å². The first-order valence-corrected chi connectivity index (χ1v) is 20.5. The third-order valence-electron chi connectivity index (χ3n) is 12.2. The molecule has 296 valence electrons. The zero-order chi connectivity index (χ0) is 40.0. The Kier molecular flexibility index (Phi) is 8.41. The molecule has 3 heterocycles. The van der Waals surface area contributed by atoms with Crippen LogP contribution in [0.2, 0.25) is 0 Å². The van der Waals surface area contributed by atoms with Crippen LogP contribution in [0.15, 0.2) is 194 Å². The first-order chi connectivity index (χ1) is 30.2. The van der Waals surface area contributed by atoms with E-state index in [0.29, 0.717) is 11.5 Å². The van der Waals surface area contributed by atoms with E-state index in [9.17, 15) is 0 Å². The van der Waals surface area contributed by atoms with E-state index in [2.05, 4.69) is 203 Å². The summed E-state index contributed by atoms with van der Waals surface area (Å²) in [6.45, 7) is 2.11. The smallest absolute Gasteiger partial charge is 0.144 e. The Hall–Kier alpha value is -7.46. The Morgan fingerprint density at radius 1 is 0.435 bits per heavy atom. The topological polar surface area (TPSA) is 33.5 Å².